The molecule has 6 nitrogen and oxygen atoms in total. The highest BCUT2D eigenvalue weighted by Gasteiger charge is 2.15. The highest BCUT2D eigenvalue weighted by Crippen LogP contribution is 2.29. The van der Waals surface area contributed by atoms with Gasteiger partial charge in [-0.25, -0.2) is 14.8 Å². The van der Waals surface area contributed by atoms with E-state index in [-0.39, 0.29) is 11.4 Å². The predicted octanol–water partition coefficient (Wildman–Crippen LogP) is 4.38. The van der Waals surface area contributed by atoms with Crippen molar-refractivity contribution in [2.75, 3.05) is 16.9 Å². The second-order valence-corrected chi connectivity index (χ2v) is 5.86. The molecule has 0 saturated carbocycles. The number of nitrogens with zero attached hydrogens (tertiary/aromatic N) is 2. The summed E-state index contributed by atoms with van der Waals surface area (Å²) in [6.45, 7) is 0. The first-order valence-corrected chi connectivity index (χ1v) is 8.72. The predicted molar refractivity (Wildman–Crippen MR) is 100 cm³/mol. The van der Waals surface area contributed by atoms with Crippen LogP contribution in [0.2, 0.25) is 0 Å². The summed E-state index contributed by atoms with van der Waals surface area (Å²) in [5.74, 6) is -0.821. The van der Waals surface area contributed by atoms with Crippen molar-refractivity contribution in [3.05, 3.63) is 66.4 Å². The van der Waals surface area contributed by atoms with Crippen LogP contribution in [0.25, 0.3) is 0 Å². The van der Waals surface area contributed by atoms with Gasteiger partial charge in [0, 0.05) is 11.9 Å². The summed E-state index contributed by atoms with van der Waals surface area (Å²) >= 11 is 1.35. The van der Waals surface area contributed by atoms with Crippen LogP contribution < -0.4 is 10.6 Å². The van der Waals surface area contributed by atoms with Gasteiger partial charge in [-0.1, -0.05) is 42.1 Å². The molecule has 7 heteroatoms. The van der Waals surface area contributed by atoms with Crippen molar-refractivity contribution >= 4 is 40.6 Å². The molecule has 0 aliphatic rings. The Morgan fingerprint density at radius 1 is 1.00 bits per heavy atom. The van der Waals surface area contributed by atoms with E-state index in [1.165, 1.54) is 18.0 Å². The molecule has 0 atom stereocenters. The van der Waals surface area contributed by atoms with Crippen LogP contribution in [0.1, 0.15) is 10.4 Å². The van der Waals surface area contributed by atoms with Crippen LogP contribution in [-0.2, 0) is 0 Å². The van der Waals surface area contributed by atoms with E-state index in [1.54, 1.807) is 0 Å². The minimum absolute atomic E-state index is 0.0207. The number of benzene rings is 2. The normalized spacial score (nSPS) is 10.3. The zero-order chi connectivity index (χ0) is 17.6. The van der Waals surface area contributed by atoms with Gasteiger partial charge in [-0.2, -0.15) is 0 Å². The van der Waals surface area contributed by atoms with Crippen LogP contribution in [0.4, 0.5) is 22.9 Å². The first-order valence-electron chi connectivity index (χ1n) is 7.50. The number of hydrogen-bond acceptors (Lipinski definition) is 6. The summed E-state index contributed by atoms with van der Waals surface area (Å²) in [6, 6.07) is 17.3. The van der Waals surface area contributed by atoms with Gasteiger partial charge in [0.1, 0.15) is 11.4 Å². The lowest BCUT2D eigenvalue weighted by Gasteiger charge is -2.15. The van der Waals surface area contributed by atoms with Crippen LogP contribution in [0.5, 0.6) is 0 Å². The average Bonchev–Trinajstić information content (AvgIpc) is 2.64. The maximum atomic E-state index is 11.4. The van der Waals surface area contributed by atoms with Gasteiger partial charge >= 0.3 is 5.97 Å². The van der Waals surface area contributed by atoms with Crippen molar-refractivity contribution in [3.8, 4) is 0 Å². The fourth-order valence-corrected chi connectivity index (χ4v) is 2.56. The third kappa shape index (κ3) is 4.07. The molecule has 3 rings (SSSR count). The molecule has 25 heavy (non-hydrogen) atoms. The average molecular weight is 352 g/mol. The third-order valence-electron chi connectivity index (χ3n) is 3.41. The van der Waals surface area contributed by atoms with Crippen LogP contribution in [0.15, 0.2) is 66.0 Å². The lowest BCUT2D eigenvalue weighted by Crippen LogP contribution is -2.08. The molecule has 2 aromatic carbocycles. The Balaban J connectivity index is 1.95. The van der Waals surface area contributed by atoms with Gasteiger partial charge in [0.2, 0.25) is 0 Å². The number of hydrogen-bond donors (Lipinski definition) is 3. The molecule has 1 heterocycles. The lowest BCUT2D eigenvalue weighted by atomic mass is 10.2. The van der Waals surface area contributed by atoms with Gasteiger partial charge in [-0.05, 0) is 30.5 Å². The van der Waals surface area contributed by atoms with Crippen molar-refractivity contribution in [2.45, 2.75) is 5.16 Å². The van der Waals surface area contributed by atoms with Crippen LogP contribution in [0.3, 0.4) is 0 Å². The number of carboxylic acids is 1. The quantitative estimate of drug-likeness (QED) is 0.448. The van der Waals surface area contributed by atoms with Crippen LogP contribution in [0, 0.1) is 0 Å². The Kier molecular flexibility index (Phi) is 5.15. The minimum Gasteiger partial charge on any atom is -0.477 e. The summed E-state index contributed by atoms with van der Waals surface area (Å²) in [7, 11) is 0. The molecule has 0 aliphatic carbocycles. The highest BCUT2D eigenvalue weighted by atomic mass is 32.2. The summed E-state index contributed by atoms with van der Waals surface area (Å²) in [4.78, 5) is 19.8. The third-order valence-corrected chi connectivity index (χ3v) is 3.97. The van der Waals surface area contributed by atoms with Crippen LogP contribution in [-0.4, -0.2) is 27.3 Å². The summed E-state index contributed by atoms with van der Waals surface area (Å²) in [6.07, 6.45) is 3.15. The fraction of sp³-hybridized carbons (Fsp3) is 0.0556. The van der Waals surface area contributed by atoms with Crippen LogP contribution >= 0.6 is 11.8 Å². The molecular formula is C18H16N4O2S. The molecule has 3 N–H and O–H groups in total. The zero-order valence-electron chi connectivity index (χ0n) is 13.4. The first kappa shape index (κ1) is 16.8. The monoisotopic (exact) mass is 352 g/mol. The van der Waals surface area contributed by atoms with E-state index in [0.29, 0.717) is 5.16 Å². The highest BCUT2D eigenvalue weighted by molar-refractivity contribution is 7.98. The molecular weight excluding hydrogens is 336 g/mol. The van der Waals surface area contributed by atoms with Gasteiger partial charge in [0.15, 0.2) is 5.16 Å². The van der Waals surface area contributed by atoms with Gasteiger partial charge in [-0.15, -0.1) is 0 Å². The smallest absolute Gasteiger partial charge is 0.341 e. The number of thioether (sulfide) groups is 1. The minimum atomic E-state index is -1.08. The molecule has 0 bridgehead atoms. The SMILES string of the molecule is CSc1ncc(C(=O)O)c(Nc2ccccc2Nc2ccccc2)n1. The molecule has 3 aromatic rings. The number of carboxylic acid groups (broad SMARTS) is 1. The number of para-hydroxylation sites is 3. The summed E-state index contributed by atoms with van der Waals surface area (Å²) < 4.78 is 0. The zero-order valence-corrected chi connectivity index (χ0v) is 14.2. The van der Waals surface area contributed by atoms with Gasteiger partial charge < -0.3 is 15.7 Å². The number of aromatic carboxylic acids is 1. The summed E-state index contributed by atoms with van der Waals surface area (Å²) in [5.41, 5.74) is 2.49. The number of aromatic nitrogens is 2. The molecule has 1 aromatic heterocycles. The summed E-state index contributed by atoms with van der Waals surface area (Å²) in [5, 5.41) is 16.3. The number of anilines is 4. The van der Waals surface area contributed by atoms with E-state index in [0.717, 1.165) is 17.1 Å². The topological polar surface area (TPSA) is 87.1 Å². The Morgan fingerprint density at radius 3 is 2.28 bits per heavy atom. The number of nitrogens with one attached hydrogen (secondary N) is 2. The largest absolute Gasteiger partial charge is 0.477 e. The molecule has 0 unspecified atom stereocenters. The molecule has 0 fully saturated rings. The van der Waals surface area contributed by atoms with Crippen molar-refractivity contribution in [1.29, 1.82) is 0 Å². The number of rotatable bonds is 6. The standard InChI is InChI=1S/C18H16N4O2S/c1-25-18-19-11-13(17(23)24)16(22-18)21-15-10-6-5-9-14(15)20-12-7-3-2-4-8-12/h2-11,20H,1H3,(H,23,24)(H,19,21,22). The molecule has 126 valence electrons. The van der Waals surface area contributed by atoms with Crippen molar-refractivity contribution < 1.29 is 9.90 Å². The van der Waals surface area contributed by atoms with Crippen molar-refractivity contribution in [2.24, 2.45) is 0 Å². The first-order chi connectivity index (χ1) is 12.2. The van der Waals surface area contributed by atoms with Crippen molar-refractivity contribution in [1.82, 2.24) is 9.97 Å². The molecule has 0 aliphatic heterocycles. The maximum absolute atomic E-state index is 11.4. The van der Waals surface area contributed by atoms with Gasteiger partial charge in [-0.3, -0.25) is 0 Å². The Morgan fingerprint density at radius 2 is 1.64 bits per heavy atom. The van der Waals surface area contributed by atoms with E-state index >= 15 is 0 Å². The van der Waals surface area contributed by atoms with E-state index in [1.807, 2.05) is 60.9 Å². The Hall–Kier alpha value is -3.06. The Bertz CT molecular complexity index is 887. The molecule has 0 radical (unpaired) electrons. The molecule has 0 spiro atoms. The fourth-order valence-electron chi connectivity index (χ4n) is 2.22. The maximum Gasteiger partial charge on any atom is 0.341 e. The number of carbonyl (C=O) groups is 1. The lowest BCUT2D eigenvalue weighted by molar-refractivity contribution is 0.0697. The second kappa shape index (κ2) is 7.67. The molecule has 0 amide bonds. The van der Waals surface area contributed by atoms with Crippen molar-refractivity contribution in [3.63, 3.8) is 0 Å². The molecule has 0 saturated heterocycles. The van der Waals surface area contributed by atoms with E-state index in [9.17, 15) is 9.90 Å². The van der Waals surface area contributed by atoms with E-state index in [2.05, 4.69) is 20.6 Å². The van der Waals surface area contributed by atoms with E-state index < -0.39 is 5.97 Å². The Labute approximate surface area is 149 Å². The second-order valence-electron chi connectivity index (χ2n) is 5.09. The van der Waals surface area contributed by atoms with Gasteiger partial charge in [0.05, 0.1) is 11.4 Å². The van der Waals surface area contributed by atoms with E-state index in [4.69, 9.17) is 0 Å². The van der Waals surface area contributed by atoms with Gasteiger partial charge in [0.25, 0.3) is 0 Å².